The van der Waals surface area contributed by atoms with Gasteiger partial charge >= 0.3 is 6.09 Å². The summed E-state index contributed by atoms with van der Waals surface area (Å²) >= 11 is 1.32. The fourth-order valence-electron chi connectivity index (χ4n) is 3.10. The summed E-state index contributed by atoms with van der Waals surface area (Å²) in [5.74, 6) is 0.553. The second-order valence-electron chi connectivity index (χ2n) is 7.78. The molecule has 1 aromatic carbocycles. The monoisotopic (exact) mass is 403 g/mol. The van der Waals surface area contributed by atoms with E-state index in [9.17, 15) is 9.59 Å². The van der Waals surface area contributed by atoms with Crippen molar-refractivity contribution < 1.29 is 14.3 Å². The van der Waals surface area contributed by atoms with Gasteiger partial charge in [-0.15, -0.1) is 11.8 Å². The lowest BCUT2D eigenvalue weighted by molar-refractivity contribution is -0.133. The van der Waals surface area contributed by atoms with Crippen LogP contribution in [0.3, 0.4) is 0 Å². The van der Waals surface area contributed by atoms with Crippen molar-refractivity contribution in [2.24, 2.45) is 0 Å². The van der Waals surface area contributed by atoms with Crippen LogP contribution in [0.1, 0.15) is 44.9 Å². The molecule has 0 N–H and O–H groups in total. The smallest absolute Gasteiger partial charge is 0.410 e. The summed E-state index contributed by atoms with van der Waals surface area (Å²) < 4.78 is 5.52. The first-order chi connectivity index (χ1) is 13.2. The van der Waals surface area contributed by atoms with Gasteiger partial charge in [0.05, 0.1) is 23.6 Å². The number of piperazine rings is 1. The number of amides is 2. The molecule has 28 heavy (non-hydrogen) atoms. The number of hydrogen-bond acceptors (Lipinski definition) is 5. The molecule has 152 valence electrons. The Morgan fingerprint density at radius 3 is 2.50 bits per heavy atom. The lowest BCUT2D eigenvalue weighted by Gasteiger charge is -2.42. The van der Waals surface area contributed by atoms with Gasteiger partial charge in [0, 0.05) is 19.6 Å². The zero-order valence-electron chi connectivity index (χ0n) is 17.1. The Labute approximate surface area is 171 Å². The van der Waals surface area contributed by atoms with Crippen molar-refractivity contribution in [1.82, 2.24) is 9.80 Å². The van der Waals surface area contributed by atoms with Crippen molar-refractivity contribution in [2.45, 2.75) is 45.8 Å². The summed E-state index contributed by atoms with van der Waals surface area (Å²) in [5.41, 5.74) is 1.67. The fraction of sp³-hybridized carbons (Fsp3) is 0.571. The standard InChI is InChI=1S/C21H29N3O3S/c1-5-16-6-8-17(9-7-16)18-14-23(20(26)27-21(2,3)4)11-12-24(18)19(25)15-28-13-10-22/h6-9,18H,5,11-15H2,1-4H3/t18-/m0/s1. The highest BCUT2D eigenvalue weighted by atomic mass is 32.2. The topological polar surface area (TPSA) is 73.6 Å². The third-order valence-electron chi connectivity index (χ3n) is 4.52. The minimum Gasteiger partial charge on any atom is -0.444 e. The van der Waals surface area contributed by atoms with Gasteiger partial charge in [0.15, 0.2) is 0 Å². The maximum absolute atomic E-state index is 12.7. The van der Waals surface area contributed by atoms with Crippen molar-refractivity contribution in [3.63, 3.8) is 0 Å². The summed E-state index contributed by atoms with van der Waals surface area (Å²) in [6.45, 7) is 8.92. The van der Waals surface area contributed by atoms with Crippen LogP contribution in [-0.4, -0.2) is 58.5 Å². The molecule has 0 radical (unpaired) electrons. The Hall–Kier alpha value is -2.20. The molecule has 0 bridgehead atoms. The number of aryl methyl sites for hydroxylation is 1. The second kappa shape index (κ2) is 9.83. The van der Waals surface area contributed by atoms with Gasteiger partial charge in [-0.05, 0) is 38.3 Å². The van der Waals surface area contributed by atoms with Crippen LogP contribution >= 0.6 is 11.8 Å². The van der Waals surface area contributed by atoms with E-state index in [1.165, 1.54) is 17.3 Å². The number of ether oxygens (including phenoxy) is 1. The van der Waals surface area contributed by atoms with E-state index in [-0.39, 0.29) is 23.8 Å². The van der Waals surface area contributed by atoms with Crippen molar-refractivity contribution in [1.29, 1.82) is 5.26 Å². The lowest BCUT2D eigenvalue weighted by Crippen LogP contribution is -2.53. The van der Waals surface area contributed by atoms with Crippen molar-refractivity contribution in [3.05, 3.63) is 35.4 Å². The van der Waals surface area contributed by atoms with Crippen LogP contribution in [0.2, 0.25) is 0 Å². The average Bonchev–Trinajstić information content (AvgIpc) is 2.66. The van der Waals surface area contributed by atoms with E-state index in [1.807, 2.05) is 43.9 Å². The van der Waals surface area contributed by atoms with Crippen molar-refractivity contribution in [3.8, 4) is 6.07 Å². The van der Waals surface area contributed by atoms with Gasteiger partial charge in [0.2, 0.25) is 5.91 Å². The summed E-state index contributed by atoms with van der Waals surface area (Å²) in [4.78, 5) is 28.8. The number of carbonyl (C=O) groups is 2. The number of nitrogens with zero attached hydrogens (tertiary/aromatic N) is 3. The summed E-state index contributed by atoms with van der Waals surface area (Å²) in [6.07, 6.45) is 0.594. The van der Waals surface area contributed by atoms with E-state index in [4.69, 9.17) is 10.00 Å². The van der Waals surface area contributed by atoms with Crippen LogP contribution in [0.4, 0.5) is 4.79 Å². The molecule has 1 heterocycles. The highest BCUT2D eigenvalue weighted by Gasteiger charge is 2.35. The van der Waals surface area contributed by atoms with Crippen LogP contribution < -0.4 is 0 Å². The normalized spacial score (nSPS) is 17.2. The molecule has 2 amide bonds. The maximum Gasteiger partial charge on any atom is 0.410 e. The molecule has 1 saturated heterocycles. The third kappa shape index (κ3) is 6.16. The zero-order valence-corrected chi connectivity index (χ0v) is 17.9. The summed E-state index contributed by atoms with van der Waals surface area (Å²) in [7, 11) is 0. The Morgan fingerprint density at radius 2 is 1.93 bits per heavy atom. The maximum atomic E-state index is 12.7. The van der Waals surface area contributed by atoms with E-state index in [0.29, 0.717) is 25.4 Å². The third-order valence-corrected chi connectivity index (χ3v) is 5.30. The molecule has 0 unspecified atom stereocenters. The number of benzene rings is 1. The van der Waals surface area contributed by atoms with Gasteiger partial charge in [0.1, 0.15) is 5.60 Å². The molecule has 1 atom stereocenters. The van der Waals surface area contributed by atoms with Gasteiger partial charge < -0.3 is 14.5 Å². The van der Waals surface area contributed by atoms with Crippen LogP contribution in [0, 0.1) is 11.3 Å². The van der Waals surface area contributed by atoms with Gasteiger partial charge in [-0.25, -0.2) is 4.79 Å². The van der Waals surface area contributed by atoms with E-state index in [0.717, 1.165) is 12.0 Å². The number of rotatable bonds is 5. The number of hydrogen-bond donors (Lipinski definition) is 0. The second-order valence-corrected chi connectivity index (χ2v) is 8.76. The van der Waals surface area contributed by atoms with E-state index in [2.05, 4.69) is 19.1 Å². The molecular formula is C21H29N3O3S. The average molecular weight is 404 g/mol. The van der Waals surface area contributed by atoms with Crippen LogP contribution in [0.15, 0.2) is 24.3 Å². The SMILES string of the molecule is CCc1ccc([C@@H]2CN(C(=O)OC(C)(C)C)CCN2C(=O)CSCC#N)cc1. The van der Waals surface area contributed by atoms with Crippen LogP contribution in [0.25, 0.3) is 0 Å². The fourth-order valence-corrected chi connectivity index (χ4v) is 3.64. The molecule has 1 fully saturated rings. The molecular weight excluding hydrogens is 374 g/mol. The number of nitriles is 1. The predicted octanol–water partition coefficient (Wildman–Crippen LogP) is 3.63. The zero-order chi connectivity index (χ0) is 20.7. The van der Waals surface area contributed by atoms with Gasteiger partial charge in [-0.2, -0.15) is 5.26 Å². The Kier molecular flexibility index (Phi) is 7.76. The summed E-state index contributed by atoms with van der Waals surface area (Å²) in [5, 5.41) is 8.70. The molecule has 6 nitrogen and oxygen atoms in total. The molecule has 0 saturated carbocycles. The van der Waals surface area contributed by atoms with Crippen molar-refractivity contribution >= 4 is 23.8 Å². The van der Waals surface area contributed by atoms with Gasteiger partial charge in [-0.1, -0.05) is 31.2 Å². The van der Waals surface area contributed by atoms with Gasteiger partial charge in [-0.3, -0.25) is 4.79 Å². The molecule has 0 aromatic heterocycles. The Morgan fingerprint density at radius 1 is 1.25 bits per heavy atom. The Bertz CT molecular complexity index is 722. The number of thioether (sulfide) groups is 1. The minimum atomic E-state index is -0.559. The molecule has 1 aliphatic rings. The van der Waals surface area contributed by atoms with E-state index < -0.39 is 5.60 Å². The molecule has 1 aliphatic heterocycles. The first-order valence-corrected chi connectivity index (χ1v) is 10.7. The molecule has 0 spiro atoms. The predicted molar refractivity (Wildman–Crippen MR) is 111 cm³/mol. The minimum absolute atomic E-state index is 0.00587. The number of carbonyl (C=O) groups excluding carboxylic acids is 2. The Balaban J connectivity index is 2.19. The van der Waals surface area contributed by atoms with E-state index in [1.54, 1.807) is 4.90 Å². The van der Waals surface area contributed by atoms with E-state index >= 15 is 0 Å². The highest BCUT2D eigenvalue weighted by Crippen LogP contribution is 2.28. The molecule has 1 aromatic rings. The largest absolute Gasteiger partial charge is 0.444 e. The first kappa shape index (κ1) is 22.1. The molecule has 2 rings (SSSR count). The summed E-state index contributed by atoms with van der Waals surface area (Å²) in [6, 6.07) is 10.0. The molecule has 0 aliphatic carbocycles. The highest BCUT2D eigenvalue weighted by molar-refractivity contribution is 8.00. The quantitative estimate of drug-likeness (QED) is 0.702. The molecule has 7 heteroatoms. The lowest BCUT2D eigenvalue weighted by atomic mass is 10.00. The first-order valence-electron chi connectivity index (χ1n) is 9.56. The van der Waals surface area contributed by atoms with Crippen LogP contribution in [-0.2, 0) is 16.0 Å². The van der Waals surface area contributed by atoms with Gasteiger partial charge in [0.25, 0.3) is 0 Å². The van der Waals surface area contributed by atoms with Crippen molar-refractivity contribution in [2.75, 3.05) is 31.1 Å². The van der Waals surface area contributed by atoms with Crippen LogP contribution in [0.5, 0.6) is 0 Å².